The average molecular weight is 424 g/mol. The zero-order valence-electron chi connectivity index (χ0n) is 17.1. The number of hydrogen-bond donors (Lipinski definition) is 2. The maximum Gasteiger partial charge on any atom is 0.255 e. The zero-order chi connectivity index (χ0) is 22.5. The van der Waals surface area contributed by atoms with E-state index in [1.54, 1.807) is 53.4 Å². The highest BCUT2D eigenvalue weighted by molar-refractivity contribution is 6.05. The SMILES string of the molecule is N#Cc1ccc(NC(=O)c2ccc(NC(=O)C3CC(=O)N(c4ccccc4)C3)cc2)cc1. The topological polar surface area (TPSA) is 102 Å². The fourth-order valence-corrected chi connectivity index (χ4v) is 3.52. The molecule has 1 unspecified atom stereocenters. The van der Waals surface area contributed by atoms with Gasteiger partial charge in [-0.15, -0.1) is 0 Å². The smallest absolute Gasteiger partial charge is 0.255 e. The predicted molar refractivity (Wildman–Crippen MR) is 121 cm³/mol. The van der Waals surface area contributed by atoms with E-state index in [0.29, 0.717) is 29.0 Å². The van der Waals surface area contributed by atoms with Gasteiger partial charge in [-0.3, -0.25) is 14.4 Å². The lowest BCUT2D eigenvalue weighted by Crippen LogP contribution is -2.28. The van der Waals surface area contributed by atoms with Gasteiger partial charge in [0, 0.05) is 35.6 Å². The highest BCUT2D eigenvalue weighted by Crippen LogP contribution is 2.26. The Bertz CT molecular complexity index is 1180. The van der Waals surface area contributed by atoms with Crippen LogP contribution in [0.2, 0.25) is 0 Å². The molecule has 2 N–H and O–H groups in total. The van der Waals surface area contributed by atoms with Crippen LogP contribution in [0.5, 0.6) is 0 Å². The van der Waals surface area contributed by atoms with Gasteiger partial charge in [-0.2, -0.15) is 5.26 Å². The standard InChI is InChI=1S/C25H20N4O3/c26-15-17-6-10-20(11-7-17)27-24(31)18-8-12-21(13-9-18)28-25(32)19-14-23(30)29(16-19)22-4-2-1-3-5-22/h1-13,19H,14,16H2,(H,27,31)(H,28,32). The van der Waals surface area contributed by atoms with Crippen LogP contribution in [0.3, 0.4) is 0 Å². The lowest BCUT2D eigenvalue weighted by molar-refractivity contribution is -0.122. The van der Waals surface area contributed by atoms with Crippen LogP contribution >= 0.6 is 0 Å². The summed E-state index contributed by atoms with van der Waals surface area (Å²) in [6.07, 6.45) is 0.159. The summed E-state index contributed by atoms with van der Waals surface area (Å²) in [5.41, 5.74) is 2.86. The molecule has 4 rings (SSSR count). The molecule has 3 amide bonds. The summed E-state index contributed by atoms with van der Waals surface area (Å²) >= 11 is 0. The van der Waals surface area contributed by atoms with Crippen molar-refractivity contribution in [2.75, 3.05) is 22.1 Å². The number of nitrogens with zero attached hydrogens (tertiary/aromatic N) is 2. The summed E-state index contributed by atoms with van der Waals surface area (Å²) in [5, 5.41) is 14.4. The Morgan fingerprint density at radius 2 is 1.50 bits per heavy atom. The van der Waals surface area contributed by atoms with Crippen molar-refractivity contribution < 1.29 is 14.4 Å². The molecule has 1 saturated heterocycles. The van der Waals surface area contributed by atoms with Crippen LogP contribution in [-0.4, -0.2) is 24.3 Å². The van der Waals surface area contributed by atoms with Crippen molar-refractivity contribution in [3.05, 3.63) is 90.0 Å². The summed E-state index contributed by atoms with van der Waals surface area (Å²) in [7, 11) is 0. The van der Waals surface area contributed by atoms with Crippen molar-refractivity contribution in [3.63, 3.8) is 0 Å². The number of amides is 3. The molecule has 0 spiro atoms. The molecule has 3 aromatic carbocycles. The molecule has 3 aromatic rings. The lowest BCUT2D eigenvalue weighted by atomic mass is 10.1. The van der Waals surface area contributed by atoms with Crippen molar-refractivity contribution in [3.8, 4) is 6.07 Å². The minimum absolute atomic E-state index is 0.0776. The van der Waals surface area contributed by atoms with E-state index in [9.17, 15) is 14.4 Å². The Labute approximate surface area is 185 Å². The maximum atomic E-state index is 12.7. The molecule has 1 aliphatic rings. The summed E-state index contributed by atoms with van der Waals surface area (Å²) in [4.78, 5) is 39.0. The number of rotatable bonds is 5. The average Bonchev–Trinajstić information content (AvgIpc) is 3.22. The maximum absolute atomic E-state index is 12.7. The molecule has 1 heterocycles. The first-order chi connectivity index (χ1) is 15.5. The van der Waals surface area contributed by atoms with Crippen LogP contribution in [0.1, 0.15) is 22.3 Å². The van der Waals surface area contributed by atoms with E-state index in [1.165, 1.54) is 0 Å². The molecule has 0 aliphatic carbocycles. The van der Waals surface area contributed by atoms with E-state index >= 15 is 0 Å². The van der Waals surface area contributed by atoms with Crippen LogP contribution in [0.4, 0.5) is 17.1 Å². The largest absolute Gasteiger partial charge is 0.326 e. The molecular weight excluding hydrogens is 404 g/mol. The molecule has 7 nitrogen and oxygen atoms in total. The molecule has 0 bridgehead atoms. The number of anilines is 3. The zero-order valence-corrected chi connectivity index (χ0v) is 17.1. The van der Waals surface area contributed by atoms with Crippen LogP contribution in [0.15, 0.2) is 78.9 Å². The van der Waals surface area contributed by atoms with Crippen molar-refractivity contribution in [1.82, 2.24) is 0 Å². The number of carbonyl (C=O) groups is 3. The van der Waals surface area contributed by atoms with Gasteiger partial charge in [0.05, 0.1) is 17.6 Å². The van der Waals surface area contributed by atoms with Gasteiger partial charge < -0.3 is 15.5 Å². The Kier molecular flexibility index (Phi) is 5.95. The molecule has 0 aromatic heterocycles. The van der Waals surface area contributed by atoms with E-state index < -0.39 is 5.92 Å². The molecule has 0 radical (unpaired) electrons. The van der Waals surface area contributed by atoms with Crippen molar-refractivity contribution in [1.29, 1.82) is 5.26 Å². The molecule has 1 atom stereocenters. The van der Waals surface area contributed by atoms with Gasteiger partial charge in [0.15, 0.2) is 0 Å². The van der Waals surface area contributed by atoms with Crippen LogP contribution in [-0.2, 0) is 9.59 Å². The van der Waals surface area contributed by atoms with E-state index in [-0.39, 0.29) is 24.1 Å². The minimum atomic E-state index is -0.443. The second-order valence-electron chi connectivity index (χ2n) is 7.45. The van der Waals surface area contributed by atoms with Gasteiger partial charge in [-0.25, -0.2) is 0 Å². The molecule has 7 heteroatoms. The molecule has 32 heavy (non-hydrogen) atoms. The van der Waals surface area contributed by atoms with Crippen molar-refractivity contribution >= 4 is 34.8 Å². The highest BCUT2D eigenvalue weighted by Gasteiger charge is 2.35. The molecule has 1 aliphatic heterocycles. The molecule has 1 fully saturated rings. The first-order valence-corrected chi connectivity index (χ1v) is 10.1. The quantitative estimate of drug-likeness (QED) is 0.650. The third kappa shape index (κ3) is 4.65. The minimum Gasteiger partial charge on any atom is -0.326 e. The van der Waals surface area contributed by atoms with Crippen molar-refractivity contribution in [2.45, 2.75) is 6.42 Å². The number of carbonyl (C=O) groups excluding carboxylic acids is 3. The summed E-state index contributed by atoms with van der Waals surface area (Å²) in [6.45, 7) is 0.333. The van der Waals surface area contributed by atoms with Gasteiger partial charge in [0.2, 0.25) is 11.8 Å². The number of nitrogens with one attached hydrogen (secondary N) is 2. The molecular formula is C25H20N4O3. The summed E-state index contributed by atoms with van der Waals surface area (Å²) in [5.74, 6) is -1.05. The van der Waals surface area contributed by atoms with E-state index in [0.717, 1.165) is 5.69 Å². The first-order valence-electron chi connectivity index (χ1n) is 10.1. The highest BCUT2D eigenvalue weighted by atomic mass is 16.2. The fourth-order valence-electron chi connectivity index (χ4n) is 3.52. The van der Waals surface area contributed by atoms with E-state index in [4.69, 9.17) is 5.26 Å². The molecule has 0 saturated carbocycles. The molecule has 158 valence electrons. The summed E-state index contributed by atoms with van der Waals surface area (Å²) < 4.78 is 0. The predicted octanol–water partition coefficient (Wildman–Crippen LogP) is 3.80. The normalized spacial score (nSPS) is 15.2. The Morgan fingerprint density at radius 3 is 2.16 bits per heavy atom. The van der Waals surface area contributed by atoms with Gasteiger partial charge in [-0.05, 0) is 60.7 Å². The Hall–Kier alpha value is -4.44. The van der Waals surface area contributed by atoms with Gasteiger partial charge >= 0.3 is 0 Å². The van der Waals surface area contributed by atoms with Gasteiger partial charge in [0.25, 0.3) is 5.91 Å². The lowest BCUT2D eigenvalue weighted by Gasteiger charge is -2.16. The van der Waals surface area contributed by atoms with E-state index in [1.807, 2.05) is 36.4 Å². The second kappa shape index (κ2) is 9.14. The van der Waals surface area contributed by atoms with Crippen LogP contribution < -0.4 is 15.5 Å². The third-order valence-corrected chi connectivity index (χ3v) is 5.25. The number of nitriles is 1. The number of benzene rings is 3. The monoisotopic (exact) mass is 424 g/mol. The fraction of sp³-hybridized carbons (Fsp3) is 0.120. The number of para-hydroxylation sites is 1. The number of hydrogen-bond acceptors (Lipinski definition) is 4. The Morgan fingerprint density at radius 1 is 0.875 bits per heavy atom. The van der Waals surface area contributed by atoms with Crippen molar-refractivity contribution in [2.24, 2.45) is 5.92 Å². The van der Waals surface area contributed by atoms with E-state index in [2.05, 4.69) is 10.6 Å². The summed E-state index contributed by atoms with van der Waals surface area (Å²) in [6, 6.07) is 24.4. The van der Waals surface area contributed by atoms with Gasteiger partial charge in [-0.1, -0.05) is 18.2 Å². The first kappa shape index (κ1) is 20.8. The van der Waals surface area contributed by atoms with Crippen LogP contribution in [0.25, 0.3) is 0 Å². The van der Waals surface area contributed by atoms with Gasteiger partial charge in [0.1, 0.15) is 0 Å². The van der Waals surface area contributed by atoms with Crippen LogP contribution in [0, 0.1) is 17.2 Å². The second-order valence-corrected chi connectivity index (χ2v) is 7.45. The Balaban J connectivity index is 1.35. The third-order valence-electron chi connectivity index (χ3n) is 5.25.